The Morgan fingerprint density at radius 3 is 2.50 bits per heavy atom. The Balaban J connectivity index is 1.48. The van der Waals surface area contributed by atoms with Gasteiger partial charge in [0.15, 0.2) is 0 Å². The average molecular weight is 348 g/mol. The normalized spacial score (nSPS) is 44.4. The molecule has 138 valence electrons. The van der Waals surface area contributed by atoms with Gasteiger partial charge in [0.2, 0.25) is 0 Å². The molecule has 1 heteroatoms. The zero-order valence-electron chi connectivity index (χ0n) is 16.7. The van der Waals surface area contributed by atoms with Crippen molar-refractivity contribution >= 4 is 5.57 Å². The van der Waals surface area contributed by atoms with E-state index < -0.39 is 0 Å². The fourth-order valence-electron chi connectivity index (χ4n) is 7.39. The van der Waals surface area contributed by atoms with Crippen molar-refractivity contribution in [3.8, 4) is 0 Å². The molecule has 4 aliphatic rings. The second-order valence-electron chi connectivity index (χ2n) is 10.2. The monoisotopic (exact) mass is 347 g/mol. The van der Waals surface area contributed by atoms with Crippen LogP contribution in [0.1, 0.15) is 71.3 Å². The van der Waals surface area contributed by atoms with E-state index in [0.29, 0.717) is 10.8 Å². The highest BCUT2D eigenvalue weighted by Crippen LogP contribution is 2.66. The number of aromatic nitrogens is 1. The molecule has 2 saturated carbocycles. The van der Waals surface area contributed by atoms with E-state index in [9.17, 15) is 0 Å². The molecule has 3 unspecified atom stereocenters. The first-order valence-corrected chi connectivity index (χ1v) is 10.8. The molecule has 4 aliphatic carbocycles. The van der Waals surface area contributed by atoms with E-state index in [-0.39, 0.29) is 0 Å². The summed E-state index contributed by atoms with van der Waals surface area (Å²) in [6.45, 7) is 7.64. The maximum absolute atomic E-state index is 4.23. The van der Waals surface area contributed by atoms with E-state index in [2.05, 4.69) is 50.0 Å². The van der Waals surface area contributed by atoms with Crippen molar-refractivity contribution in [2.45, 2.75) is 65.7 Å². The molecule has 0 spiro atoms. The first-order chi connectivity index (χ1) is 12.5. The minimum atomic E-state index is 0.367. The van der Waals surface area contributed by atoms with E-state index in [0.717, 1.165) is 23.7 Å². The summed E-state index contributed by atoms with van der Waals surface area (Å²) in [6.07, 6.45) is 18.8. The zero-order valence-corrected chi connectivity index (χ0v) is 16.7. The van der Waals surface area contributed by atoms with E-state index in [4.69, 9.17) is 0 Å². The van der Waals surface area contributed by atoms with Crippen molar-refractivity contribution < 1.29 is 0 Å². The molecule has 1 aromatic heterocycles. The molecule has 0 amide bonds. The second-order valence-corrected chi connectivity index (χ2v) is 10.2. The summed E-state index contributed by atoms with van der Waals surface area (Å²) in [5.74, 6) is 3.52. The predicted molar refractivity (Wildman–Crippen MR) is 108 cm³/mol. The van der Waals surface area contributed by atoms with Crippen LogP contribution in [0.25, 0.3) is 5.57 Å². The number of hydrogen-bond acceptors (Lipinski definition) is 1. The third-order valence-electron chi connectivity index (χ3n) is 8.92. The summed E-state index contributed by atoms with van der Waals surface area (Å²) in [5.41, 5.74) is 5.71. The summed E-state index contributed by atoms with van der Waals surface area (Å²) in [5, 5.41) is 0. The van der Waals surface area contributed by atoms with Gasteiger partial charge in [0, 0.05) is 12.4 Å². The largest absolute Gasteiger partial charge is 0.265 e. The van der Waals surface area contributed by atoms with Crippen molar-refractivity contribution in [2.75, 3.05) is 0 Å². The van der Waals surface area contributed by atoms with Crippen molar-refractivity contribution in [1.82, 2.24) is 4.98 Å². The Morgan fingerprint density at radius 1 is 0.923 bits per heavy atom. The smallest absolute Gasteiger partial charge is 0.0273 e. The predicted octanol–water partition coefficient (Wildman–Crippen LogP) is 6.67. The van der Waals surface area contributed by atoms with Crippen LogP contribution in [0.3, 0.4) is 0 Å². The SMILES string of the molecule is C[C@H]1CC[C@@]2(C)C(=CCC3C2CC[C@]2(C)C(c4ccncc4)=CCC32)C1. The highest BCUT2D eigenvalue weighted by atomic mass is 14.6. The standard InChI is InChI=1S/C25H33N/c1-17-8-12-24(2)19(16-17)4-5-20-22-7-6-21(18-10-14-26-15-11-18)25(22,3)13-9-23(20)24/h4,6,10-11,14-15,17,20,22-23H,5,7-9,12-13,16H2,1-3H3/t17-,20?,22?,23?,24-,25+/m0/s1. The lowest BCUT2D eigenvalue weighted by Gasteiger charge is -2.58. The van der Waals surface area contributed by atoms with Gasteiger partial charge in [-0.3, -0.25) is 4.98 Å². The number of allylic oxidation sites excluding steroid dienone is 4. The molecule has 2 fully saturated rings. The van der Waals surface area contributed by atoms with Crippen LogP contribution >= 0.6 is 0 Å². The number of nitrogens with zero attached hydrogens (tertiary/aromatic N) is 1. The van der Waals surface area contributed by atoms with Crippen LogP contribution in [0, 0.1) is 34.5 Å². The summed E-state index contributed by atoms with van der Waals surface area (Å²) in [4.78, 5) is 4.23. The van der Waals surface area contributed by atoms with Gasteiger partial charge in [-0.15, -0.1) is 0 Å². The minimum Gasteiger partial charge on any atom is -0.265 e. The molecule has 0 saturated heterocycles. The van der Waals surface area contributed by atoms with Crippen molar-refractivity contribution in [2.24, 2.45) is 34.5 Å². The molecule has 0 radical (unpaired) electrons. The van der Waals surface area contributed by atoms with Crippen molar-refractivity contribution in [3.63, 3.8) is 0 Å². The molecule has 0 N–H and O–H groups in total. The van der Waals surface area contributed by atoms with E-state index in [1.54, 1.807) is 5.57 Å². The van der Waals surface area contributed by atoms with Gasteiger partial charge in [-0.1, -0.05) is 38.5 Å². The summed E-state index contributed by atoms with van der Waals surface area (Å²) >= 11 is 0. The van der Waals surface area contributed by atoms with Gasteiger partial charge in [-0.25, -0.2) is 0 Å². The highest BCUT2D eigenvalue weighted by Gasteiger charge is 2.56. The van der Waals surface area contributed by atoms with Crippen LogP contribution in [0.15, 0.2) is 42.3 Å². The zero-order chi connectivity index (χ0) is 17.9. The topological polar surface area (TPSA) is 12.9 Å². The van der Waals surface area contributed by atoms with Crippen LogP contribution in [-0.2, 0) is 0 Å². The quantitative estimate of drug-likeness (QED) is 0.517. The summed E-state index contributed by atoms with van der Waals surface area (Å²) in [6, 6.07) is 4.43. The maximum atomic E-state index is 4.23. The molecule has 6 atom stereocenters. The fourth-order valence-corrected chi connectivity index (χ4v) is 7.39. The second kappa shape index (κ2) is 5.81. The minimum absolute atomic E-state index is 0.367. The molecule has 1 nitrogen and oxygen atoms in total. The first-order valence-electron chi connectivity index (χ1n) is 10.8. The first kappa shape index (κ1) is 16.8. The van der Waals surface area contributed by atoms with Crippen LogP contribution < -0.4 is 0 Å². The van der Waals surface area contributed by atoms with Crippen LogP contribution in [0.4, 0.5) is 0 Å². The van der Waals surface area contributed by atoms with E-state index >= 15 is 0 Å². The van der Waals surface area contributed by atoms with Gasteiger partial charge in [0.05, 0.1) is 0 Å². The number of hydrogen-bond donors (Lipinski definition) is 0. The maximum Gasteiger partial charge on any atom is 0.0273 e. The summed E-state index contributed by atoms with van der Waals surface area (Å²) in [7, 11) is 0. The molecular weight excluding hydrogens is 314 g/mol. The Morgan fingerprint density at radius 2 is 1.69 bits per heavy atom. The summed E-state index contributed by atoms with van der Waals surface area (Å²) < 4.78 is 0. The molecule has 26 heavy (non-hydrogen) atoms. The van der Waals surface area contributed by atoms with Crippen LogP contribution in [0.5, 0.6) is 0 Å². The molecule has 0 aliphatic heterocycles. The Kier molecular flexibility index (Phi) is 3.75. The third-order valence-corrected chi connectivity index (χ3v) is 8.92. The Bertz CT molecular complexity index is 760. The average Bonchev–Trinajstić information content (AvgIpc) is 3.00. The number of fused-ring (bicyclic) bond motifs is 5. The van der Waals surface area contributed by atoms with Gasteiger partial charge < -0.3 is 0 Å². The van der Waals surface area contributed by atoms with Gasteiger partial charge in [0.25, 0.3) is 0 Å². The fraction of sp³-hybridized carbons (Fsp3) is 0.640. The van der Waals surface area contributed by atoms with Gasteiger partial charge >= 0.3 is 0 Å². The van der Waals surface area contributed by atoms with Gasteiger partial charge in [-0.2, -0.15) is 0 Å². The Labute approximate surface area is 159 Å². The van der Waals surface area contributed by atoms with Crippen molar-refractivity contribution in [3.05, 3.63) is 47.8 Å². The number of rotatable bonds is 1. The highest BCUT2D eigenvalue weighted by molar-refractivity contribution is 5.72. The third kappa shape index (κ3) is 2.25. The Hall–Kier alpha value is -1.37. The molecule has 0 aromatic carbocycles. The van der Waals surface area contributed by atoms with Crippen molar-refractivity contribution in [1.29, 1.82) is 0 Å². The lowest BCUT2D eigenvalue weighted by atomic mass is 9.47. The van der Waals surface area contributed by atoms with Gasteiger partial charge in [0.1, 0.15) is 0 Å². The molecular formula is C25H33N. The molecule has 5 rings (SSSR count). The lowest BCUT2D eigenvalue weighted by molar-refractivity contribution is -0.0137. The van der Waals surface area contributed by atoms with Crippen LogP contribution in [-0.4, -0.2) is 4.98 Å². The lowest BCUT2D eigenvalue weighted by Crippen LogP contribution is -2.49. The molecule has 1 aromatic rings. The molecule has 1 heterocycles. The van der Waals surface area contributed by atoms with Crippen LogP contribution in [0.2, 0.25) is 0 Å². The number of pyridine rings is 1. The van der Waals surface area contributed by atoms with Gasteiger partial charge in [-0.05, 0) is 103 Å². The molecule has 0 bridgehead atoms. The van der Waals surface area contributed by atoms with E-state index in [1.807, 2.05) is 18.0 Å². The van der Waals surface area contributed by atoms with E-state index in [1.165, 1.54) is 50.5 Å².